The van der Waals surface area contributed by atoms with E-state index in [1.807, 2.05) is 30.3 Å². The van der Waals surface area contributed by atoms with Gasteiger partial charge in [-0.05, 0) is 259 Å². The van der Waals surface area contributed by atoms with Gasteiger partial charge in [-0.15, -0.1) is 0 Å². The van der Waals surface area contributed by atoms with Gasteiger partial charge in [0.2, 0.25) is 0 Å². The zero-order valence-electron chi connectivity index (χ0n) is 70.0. The van der Waals surface area contributed by atoms with Crippen molar-refractivity contribution in [1.82, 2.24) is 0 Å². The third-order valence-corrected chi connectivity index (χ3v) is 41.7. The van der Waals surface area contributed by atoms with Crippen molar-refractivity contribution < 1.29 is 19.1 Å². The molecule has 1 radical (unpaired) electrons. The molecule has 0 aromatic heterocycles. The van der Waals surface area contributed by atoms with Crippen molar-refractivity contribution in [2.45, 2.75) is 7.43 Å². The fraction of sp³-hybridized carbons (Fsp3) is 0.00855. The zero-order chi connectivity index (χ0) is 86.1. The van der Waals surface area contributed by atoms with Gasteiger partial charge in [0.1, 0.15) is 5.75 Å². The number of nitrogens with one attached hydrogen (secondary N) is 1. The van der Waals surface area contributed by atoms with E-state index in [0.717, 1.165) is 32.5 Å². The van der Waals surface area contributed by atoms with Crippen LogP contribution in [0.5, 0.6) is 5.75 Å². The van der Waals surface area contributed by atoms with E-state index in [1.165, 1.54) is 154 Å². The summed E-state index contributed by atoms with van der Waals surface area (Å²) in [4.78, 5) is 0. The summed E-state index contributed by atoms with van der Waals surface area (Å²) in [6.07, 6.45) is 0. The molecule has 0 bridgehead atoms. The Morgan fingerprint density at radius 3 is 0.900 bits per heavy atom. The normalized spacial score (nSPS) is 12.3. The average Bonchev–Trinajstić information content (AvgIpc) is 1.55. The zero-order valence-corrected chi connectivity index (χ0v) is 79.9. The molecule has 20 aromatic carbocycles. The highest BCUT2D eigenvalue weighted by atomic mass is 127. The summed E-state index contributed by atoms with van der Waals surface area (Å²) in [5.41, 5.74) is 17.6. The topological polar surface area (TPSA) is 41.5 Å². The molecule has 0 fully saturated rings. The minimum absolute atomic E-state index is 0. The first-order valence-corrected chi connectivity index (χ1v) is 52.0. The Morgan fingerprint density at radius 2 is 0.523 bits per heavy atom. The maximum atomic E-state index is 9.08. The van der Waals surface area contributed by atoms with Crippen molar-refractivity contribution in [3.63, 3.8) is 0 Å². The van der Waals surface area contributed by atoms with Crippen LogP contribution in [-0.4, -0.2) is 36.9 Å². The lowest BCUT2D eigenvalue weighted by Gasteiger charge is -2.31. The highest BCUT2D eigenvalue weighted by Gasteiger charge is 2.51. The van der Waals surface area contributed by atoms with Gasteiger partial charge in [-0.2, -0.15) is 0 Å². The van der Waals surface area contributed by atoms with E-state index in [1.54, 1.807) is 0 Å². The van der Waals surface area contributed by atoms with E-state index in [2.05, 4.69) is 537 Å². The van der Waals surface area contributed by atoms with Crippen LogP contribution in [0, 0.1) is 3.57 Å². The summed E-state index contributed by atoms with van der Waals surface area (Å²) < 4.78 is 9.89. The Balaban J connectivity index is 0.000000122. The molecule has 0 amide bonds. The van der Waals surface area contributed by atoms with Gasteiger partial charge in [0, 0.05) is 33.7 Å². The molecule has 3 heterocycles. The van der Waals surface area contributed by atoms with Crippen molar-refractivity contribution in [2.24, 2.45) is 0 Å². The van der Waals surface area contributed by atoms with Crippen molar-refractivity contribution in [1.29, 1.82) is 0 Å². The summed E-state index contributed by atoms with van der Waals surface area (Å²) in [6, 6.07) is 177. The molecule has 631 valence electrons. The predicted molar refractivity (Wildman–Crippen MR) is 577 cm³/mol. The van der Waals surface area contributed by atoms with Crippen molar-refractivity contribution in [3.8, 4) is 72.5 Å². The Kier molecular flexibility index (Phi) is 28.5. The maximum Gasteiger partial charge on any atom is 0.569 e. The van der Waals surface area contributed by atoms with Crippen LogP contribution in [0.4, 0.5) is 20.8 Å². The summed E-state index contributed by atoms with van der Waals surface area (Å²) in [5, 5.41) is 34.9. The molecule has 0 saturated heterocycles. The number of halogens is 6. The van der Waals surface area contributed by atoms with Crippen LogP contribution in [0.1, 0.15) is 7.43 Å². The first-order chi connectivity index (χ1) is 62.6. The van der Waals surface area contributed by atoms with Crippen molar-refractivity contribution in [3.05, 3.63) is 508 Å². The van der Waals surface area contributed by atoms with Crippen LogP contribution in [0.15, 0.2) is 505 Å². The lowest BCUT2D eigenvalue weighted by atomic mass is 9.99. The molecule has 3 aliphatic rings. The Bertz CT molecular complexity index is 6910. The molecule has 0 atom stereocenters. The molecule has 3 nitrogen and oxygen atoms in total. The summed E-state index contributed by atoms with van der Waals surface area (Å²) in [7, 11) is -6.39. The molecule has 20 aromatic rings. The Hall–Kier alpha value is -12.8. The summed E-state index contributed by atoms with van der Waals surface area (Å²) in [6.45, 7) is 0. The van der Waals surface area contributed by atoms with Gasteiger partial charge in [-0.25, -0.2) is 0 Å². The SMILES string of the molecule is Brc1ccc(-c2ccc3c(c2)-c2ccccc2[Si]3(c2ccccc2)c2ccccc2)cc1.Brc1ccc(-c2ccc3c(c2)-c2ccccc2[Si]3(c2ccccc2)c2ccccc2)cc1.Brc1ccc(I)cc1.C.F.F.O[B]Oc1ccc2c(c1)-c1ccccc1[Si]2(c1ccccc1)c1ccccc1.c1ccc(-c2ccc(Nc3cc4ccccc4c4ccccc34)cc2)cc1. The molecule has 0 aliphatic carbocycles. The van der Waals surface area contributed by atoms with E-state index in [4.69, 9.17) is 9.68 Å². The molecule has 0 unspecified atom stereocenters. The molecule has 0 saturated carbocycles. The number of anilines is 2. The fourth-order valence-electron chi connectivity index (χ4n) is 19.2. The molecule has 3 aliphatic heterocycles. The second kappa shape index (κ2) is 40.9. The lowest BCUT2D eigenvalue weighted by molar-refractivity contribution is 0.454. The second-order valence-electron chi connectivity index (χ2n) is 31.7. The summed E-state index contributed by atoms with van der Waals surface area (Å²) >= 11 is 12.7. The largest absolute Gasteiger partial charge is 0.569 e. The van der Waals surface area contributed by atoms with E-state index < -0.39 is 24.2 Å². The van der Waals surface area contributed by atoms with Crippen LogP contribution in [0.3, 0.4) is 0 Å². The third-order valence-electron chi connectivity index (χ3n) is 24.7. The average molecular weight is 2040 g/mol. The van der Waals surface area contributed by atoms with Gasteiger partial charge in [0.15, 0.2) is 24.2 Å². The quantitative estimate of drug-likeness (QED) is 0.0687. The van der Waals surface area contributed by atoms with Crippen LogP contribution in [0.25, 0.3) is 88.3 Å². The van der Waals surface area contributed by atoms with Crippen LogP contribution < -0.4 is 72.2 Å². The van der Waals surface area contributed by atoms with Gasteiger partial charge in [0.05, 0.1) is 0 Å². The highest BCUT2D eigenvalue weighted by Crippen LogP contribution is 2.39. The first kappa shape index (κ1) is 90.6. The van der Waals surface area contributed by atoms with Crippen molar-refractivity contribution in [2.75, 3.05) is 5.32 Å². The van der Waals surface area contributed by atoms with E-state index >= 15 is 0 Å². The van der Waals surface area contributed by atoms with E-state index in [9.17, 15) is 0 Å². The fourth-order valence-corrected chi connectivity index (χ4v) is 35.9. The Labute approximate surface area is 802 Å². The number of benzene rings is 20. The van der Waals surface area contributed by atoms with Gasteiger partial charge >= 0.3 is 7.69 Å². The molecule has 23 rings (SSSR count). The molecule has 13 heteroatoms. The van der Waals surface area contributed by atoms with E-state index in [-0.39, 0.29) is 16.8 Å². The molecule has 2 N–H and O–H groups in total. The van der Waals surface area contributed by atoms with Crippen molar-refractivity contribution >= 4 is 197 Å². The van der Waals surface area contributed by atoms with Crippen LogP contribution in [0.2, 0.25) is 0 Å². The standard InChI is InChI=1S/2C30H21BrSi.C26H19N.C24H18BO2Si.C6H4BrI.CH4.2FH/c2*31-24-18-15-22(16-19-24)23-17-20-30-28(21-23)27-13-7-8-14-29(27)32(30,25-9-3-1-4-10-25)26-11-5-2-6-12-26;1-2-8-19(9-3-1)20-14-16-22(17-15-20)27-26-18-21-10-4-5-11-23(21)24-12-6-7-13-25(24)26;26-25-27-18-15-16-24-22(17-18)21-13-7-8-14-23(21)28(24,19-9-3-1-4-10-19)20-11-5-2-6-12-20;7-5-1-3-6(8)4-2-5;;;/h2*1-21H;1-18,27H;1-17,26H;1-4H;1H4;2*1H. The maximum absolute atomic E-state index is 9.08. The molecule has 0 spiro atoms. The predicted octanol–water partition coefficient (Wildman–Crippen LogP) is 24.3. The molecular weight excluding hydrogens is 1950 g/mol. The third kappa shape index (κ3) is 17.6. The lowest BCUT2D eigenvalue weighted by Crippen LogP contribution is -2.72. The minimum Gasteiger partial charge on any atom is -0.537 e. The van der Waals surface area contributed by atoms with Gasteiger partial charge < -0.3 is 15.0 Å². The first-order valence-electron chi connectivity index (χ1n) is 42.5. The van der Waals surface area contributed by atoms with Gasteiger partial charge in [-0.1, -0.05) is 456 Å². The van der Waals surface area contributed by atoms with Gasteiger partial charge in [-0.3, -0.25) is 9.41 Å². The van der Waals surface area contributed by atoms with Crippen LogP contribution >= 0.6 is 70.4 Å². The van der Waals surface area contributed by atoms with Gasteiger partial charge in [0.25, 0.3) is 0 Å². The monoisotopic (exact) mass is 2040 g/mol. The van der Waals surface area contributed by atoms with E-state index in [0.29, 0.717) is 5.75 Å². The number of hydrogen-bond acceptors (Lipinski definition) is 3. The highest BCUT2D eigenvalue weighted by molar-refractivity contribution is 14.1. The smallest absolute Gasteiger partial charge is 0.537 e. The number of hydrogen-bond donors (Lipinski definition) is 2. The molecular formula is C117H89BBr3F2INO2Si3. The summed E-state index contributed by atoms with van der Waals surface area (Å²) in [5.74, 6) is 0.641. The second-order valence-corrected chi connectivity index (χ2v) is 46.9. The number of fused-ring (bicyclic) bond motifs is 12. The van der Waals surface area contributed by atoms with Crippen LogP contribution in [-0.2, 0) is 0 Å². The number of rotatable bonds is 13. The Morgan fingerprint density at radius 1 is 0.246 bits per heavy atom. The molecule has 130 heavy (non-hydrogen) atoms. The minimum atomic E-state index is -2.40.